The highest BCUT2D eigenvalue weighted by atomic mass is 32.2. The Morgan fingerprint density at radius 3 is 1.70 bits per heavy atom. The van der Waals surface area contributed by atoms with Gasteiger partial charge in [0, 0.05) is 26.1 Å². The second-order valence-electron chi connectivity index (χ2n) is 17.0. The summed E-state index contributed by atoms with van der Waals surface area (Å²) in [6.45, 7) is 2.06. The summed E-state index contributed by atoms with van der Waals surface area (Å²) in [7, 11) is 0. The normalized spacial score (nSPS) is 16.2. The third-order valence-electron chi connectivity index (χ3n) is 11.3. The van der Waals surface area contributed by atoms with Crippen LogP contribution in [0.4, 0.5) is 0 Å². The Morgan fingerprint density at radius 2 is 1.21 bits per heavy atom. The summed E-state index contributed by atoms with van der Waals surface area (Å²) in [5.74, 6) is -11.8. The summed E-state index contributed by atoms with van der Waals surface area (Å²) in [5.41, 5.74) is 32.8. The highest BCUT2D eigenvalue weighted by Gasteiger charge is 2.40. The molecular weight excluding hydrogens is 985 g/mol. The molecule has 0 aliphatic carbocycles. The molecule has 412 valence electrons. The van der Waals surface area contributed by atoms with Crippen molar-refractivity contribution < 1.29 is 68.1 Å². The van der Waals surface area contributed by atoms with Crippen LogP contribution in [0, 0.1) is 5.92 Å². The number of carboxylic acids is 2. The number of nitrogens with zero attached hydrogens (tertiary/aromatic N) is 3. The number of carbonyl (C=O) groups is 11. The van der Waals surface area contributed by atoms with Gasteiger partial charge in [0.05, 0.1) is 25.6 Å². The number of carboxylic acid groups (broad SMARTS) is 2. The first-order valence-electron chi connectivity index (χ1n) is 23.4. The van der Waals surface area contributed by atoms with Crippen LogP contribution in [0.5, 0.6) is 0 Å². The van der Waals surface area contributed by atoms with Gasteiger partial charge in [0.1, 0.15) is 42.3 Å². The minimum atomic E-state index is -1.72. The average molecular weight is 1060 g/mol. The van der Waals surface area contributed by atoms with Gasteiger partial charge in [0.25, 0.3) is 0 Å². The molecule has 0 bridgehead atoms. The lowest BCUT2D eigenvalue weighted by atomic mass is 9.99. The first-order valence-corrected chi connectivity index (χ1v) is 24.8. The fraction of sp³-hybridized carbons (Fsp3) is 0.690. The highest BCUT2D eigenvalue weighted by molar-refractivity contribution is 7.98. The summed E-state index contributed by atoms with van der Waals surface area (Å²) in [5, 5.41) is 45.8. The van der Waals surface area contributed by atoms with Crippen LogP contribution in [0.2, 0.25) is 0 Å². The van der Waals surface area contributed by atoms with Crippen LogP contribution in [0.1, 0.15) is 84.5 Å². The van der Waals surface area contributed by atoms with E-state index >= 15 is 0 Å². The van der Waals surface area contributed by atoms with E-state index in [1.165, 1.54) is 11.8 Å². The lowest BCUT2D eigenvalue weighted by molar-refractivity contribution is -0.143. The number of thioether (sulfide) groups is 1. The van der Waals surface area contributed by atoms with Crippen molar-refractivity contribution in [1.29, 1.82) is 0 Å². The Labute approximate surface area is 425 Å². The van der Waals surface area contributed by atoms with Gasteiger partial charge in [-0.25, -0.2) is 4.79 Å². The fourth-order valence-electron chi connectivity index (χ4n) is 7.07. The number of hydrogen-bond donors (Lipinski definition) is 16. The van der Waals surface area contributed by atoms with Crippen molar-refractivity contribution in [3.05, 3.63) is 0 Å². The molecule has 31 heteroatoms. The standard InChI is InChI=1S/C42H74N16O14S/c1-4-21(2)32(44)38(69)57-27(20-59)39(70)58-16-7-10-28(58)37(68)56-26(18-29(43)60)36(67)55-24(13-17-73-3)35(66)54-23(11-12-31(62)63)34(65)53-22(8-5-14-49-41(45)46)33(64)51-19-30(61)52-25(40(71)72)9-6-15-50-42(47)48/h21-28,32,59H,4-20,44H2,1-3H3,(H2,43,60)(H,51,64)(H,52,61)(H,53,65)(H,54,66)(H,55,67)(H,56,68)(H,57,69)(H,62,63)(H,71,72)(H4,45,46,49)(H4,47,48,50)/t21-,22-,23-,24-,25-,26-,27-,28-,32-/m0/s1. The second kappa shape index (κ2) is 33.6. The molecule has 1 aliphatic rings. The predicted molar refractivity (Wildman–Crippen MR) is 265 cm³/mol. The van der Waals surface area contributed by atoms with Gasteiger partial charge in [-0.2, -0.15) is 11.8 Å². The Hall–Kier alpha value is -7.02. The Morgan fingerprint density at radius 1 is 0.685 bits per heavy atom. The average Bonchev–Trinajstić information content (AvgIpc) is 3.83. The number of aliphatic imine (C=N–C) groups is 2. The molecule has 0 aromatic carbocycles. The fourth-order valence-corrected chi connectivity index (χ4v) is 7.55. The molecule has 0 aromatic rings. The van der Waals surface area contributed by atoms with Crippen LogP contribution in [0.3, 0.4) is 0 Å². The molecule has 0 spiro atoms. The third-order valence-corrected chi connectivity index (χ3v) is 12.0. The van der Waals surface area contributed by atoms with Gasteiger partial charge in [-0.1, -0.05) is 20.3 Å². The monoisotopic (exact) mass is 1060 g/mol. The minimum Gasteiger partial charge on any atom is -0.481 e. The largest absolute Gasteiger partial charge is 0.481 e. The van der Waals surface area contributed by atoms with E-state index in [0.29, 0.717) is 12.8 Å². The number of rotatable bonds is 35. The number of likely N-dealkylation sites (tertiary alicyclic amines) is 1. The summed E-state index contributed by atoms with van der Waals surface area (Å²) in [6.07, 6.45) is 0.537. The van der Waals surface area contributed by atoms with E-state index in [1.807, 2.05) is 6.92 Å². The summed E-state index contributed by atoms with van der Waals surface area (Å²) in [4.78, 5) is 152. The molecule has 9 atom stereocenters. The number of hydrogen-bond acceptors (Lipinski definition) is 16. The smallest absolute Gasteiger partial charge is 0.326 e. The number of aliphatic carboxylic acids is 2. The molecule has 73 heavy (non-hydrogen) atoms. The van der Waals surface area contributed by atoms with Crippen LogP contribution in [0.15, 0.2) is 9.98 Å². The van der Waals surface area contributed by atoms with Crippen LogP contribution in [-0.2, 0) is 52.7 Å². The number of aliphatic hydroxyl groups excluding tert-OH is 1. The van der Waals surface area contributed by atoms with Gasteiger partial charge >= 0.3 is 11.9 Å². The van der Waals surface area contributed by atoms with Crippen molar-refractivity contribution in [3.63, 3.8) is 0 Å². The van der Waals surface area contributed by atoms with E-state index < -0.39 is 146 Å². The molecule has 30 nitrogen and oxygen atoms in total. The number of guanidine groups is 2. The quantitative estimate of drug-likeness (QED) is 0.0159. The minimum absolute atomic E-state index is 0.0229. The van der Waals surface area contributed by atoms with Crippen molar-refractivity contribution in [2.45, 2.75) is 133 Å². The van der Waals surface area contributed by atoms with Crippen molar-refractivity contribution in [3.8, 4) is 0 Å². The third kappa shape index (κ3) is 24.3. The molecule has 1 rings (SSSR count). The maximum absolute atomic E-state index is 14.0. The molecular formula is C42H74N16O14S. The molecule has 1 saturated heterocycles. The highest BCUT2D eigenvalue weighted by Crippen LogP contribution is 2.20. The zero-order valence-corrected chi connectivity index (χ0v) is 42.1. The zero-order chi connectivity index (χ0) is 55.4. The molecule has 0 unspecified atom stereocenters. The Balaban J connectivity index is 3.34. The number of aliphatic hydroxyl groups is 1. The number of nitrogens with two attached hydrogens (primary N) is 6. The summed E-state index contributed by atoms with van der Waals surface area (Å²) < 4.78 is 0. The van der Waals surface area contributed by atoms with Gasteiger partial charge in [-0.15, -0.1) is 0 Å². The number of primary amides is 1. The van der Waals surface area contributed by atoms with Crippen LogP contribution < -0.4 is 71.6 Å². The Bertz CT molecular complexity index is 1990. The van der Waals surface area contributed by atoms with Crippen LogP contribution in [0.25, 0.3) is 0 Å². The molecule has 1 aliphatic heterocycles. The first-order chi connectivity index (χ1) is 34.4. The first kappa shape index (κ1) is 64.0. The van der Waals surface area contributed by atoms with E-state index in [4.69, 9.17) is 34.4 Å². The van der Waals surface area contributed by atoms with Crippen molar-refractivity contribution in [2.24, 2.45) is 50.3 Å². The zero-order valence-electron chi connectivity index (χ0n) is 41.3. The second-order valence-corrected chi connectivity index (χ2v) is 18.0. The Kier molecular flexibility index (Phi) is 29.5. The van der Waals surface area contributed by atoms with Crippen molar-refractivity contribution >= 4 is 88.8 Å². The number of amides is 9. The van der Waals surface area contributed by atoms with Crippen LogP contribution >= 0.6 is 11.8 Å². The molecule has 0 aromatic heterocycles. The maximum atomic E-state index is 14.0. The lowest BCUT2D eigenvalue weighted by Crippen LogP contribution is -2.60. The van der Waals surface area contributed by atoms with Crippen LogP contribution in [-0.4, -0.2) is 190 Å². The van der Waals surface area contributed by atoms with Gasteiger partial charge in [-0.05, 0) is 69.3 Å². The van der Waals surface area contributed by atoms with E-state index in [0.717, 1.165) is 4.90 Å². The van der Waals surface area contributed by atoms with Crippen molar-refractivity contribution in [2.75, 3.05) is 44.8 Å². The molecule has 0 saturated carbocycles. The van der Waals surface area contributed by atoms with Gasteiger partial charge in [0.2, 0.25) is 53.2 Å². The molecule has 0 radical (unpaired) electrons. The van der Waals surface area contributed by atoms with Gasteiger partial charge in [0.15, 0.2) is 11.9 Å². The molecule has 1 heterocycles. The maximum Gasteiger partial charge on any atom is 0.326 e. The predicted octanol–water partition coefficient (Wildman–Crippen LogP) is -6.95. The summed E-state index contributed by atoms with van der Waals surface area (Å²) in [6, 6.07) is -11.4. The van der Waals surface area contributed by atoms with Gasteiger partial charge in [-0.3, -0.25) is 57.9 Å². The lowest BCUT2D eigenvalue weighted by Gasteiger charge is -2.30. The summed E-state index contributed by atoms with van der Waals surface area (Å²) >= 11 is 1.25. The van der Waals surface area contributed by atoms with Gasteiger partial charge < -0.3 is 91.8 Å². The molecule has 9 amide bonds. The molecule has 1 fully saturated rings. The van der Waals surface area contributed by atoms with E-state index in [2.05, 4.69) is 47.2 Å². The SMILES string of the molecule is CC[C@H](C)[C@H](N)C(=O)N[C@@H](CO)C(=O)N1CCC[C@H]1C(=O)N[C@@H](CC(N)=O)C(=O)N[C@@H](CCSC)C(=O)N[C@@H](CCC(=O)O)C(=O)N[C@@H](CCCN=C(N)N)C(=O)NCC(=O)N[C@@H](CCCN=C(N)N)C(=O)O. The van der Waals surface area contributed by atoms with E-state index in [1.54, 1.807) is 13.2 Å². The number of nitrogens with one attached hydrogen (secondary N) is 7. The van der Waals surface area contributed by atoms with E-state index in [9.17, 15) is 68.1 Å². The van der Waals surface area contributed by atoms with Crippen molar-refractivity contribution in [1.82, 2.24) is 42.1 Å². The van der Waals surface area contributed by atoms with E-state index in [-0.39, 0.29) is 81.7 Å². The topological polar surface area (TPSA) is 517 Å². The molecule has 22 N–H and O–H groups in total. The number of carbonyl (C=O) groups excluding carboxylic acids is 9.